The second kappa shape index (κ2) is 5.35. The van der Waals surface area contributed by atoms with Crippen LogP contribution in [0.2, 0.25) is 0 Å². The minimum Gasteiger partial charge on any atom is -0.508 e. The molecule has 0 aliphatic carbocycles. The summed E-state index contributed by atoms with van der Waals surface area (Å²) in [6.07, 6.45) is -4.06. The van der Waals surface area contributed by atoms with Gasteiger partial charge in [-0.1, -0.05) is 0 Å². The summed E-state index contributed by atoms with van der Waals surface area (Å²) in [5, 5.41) is 11.4. The first-order chi connectivity index (χ1) is 7.76. The van der Waals surface area contributed by atoms with Crippen LogP contribution in [0.25, 0.3) is 0 Å². The number of nitrogens with one attached hydrogen (secondary N) is 1. The van der Waals surface area contributed by atoms with Gasteiger partial charge in [0, 0.05) is 12.1 Å². The molecule has 2 N–H and O–H groups in total. The summed E-state index contributed by atoms with van der Waals surface area (Å²) < 4.78 is 48.7. The first kappa shape index (κ1) is 13.8. The molecule has 6 heteroatoms. The predicted octanol–water partition coefficient (Wildman–Crippen LogP) is 2.61. The first-order valence-electron chi connectivity index (χ1n) is 5.05. The first-order valence-corrected chi connectivity index (χ1v) is 5.05. The molecule has 0 bridgehead atoms. The number of phenolic OH excluding ortho intramolecular Hbond substituents is 1. The van der Waals surface area contributed by atoms with Crippen molar-refractivity contribution in [2.45, 2.75) is 25.6 Å². The van der Waals surface area contributed by atoms with Crippen LogP contribution in [-0.4, -0.2) is 23.9 Å². The molecule has 0 aliphatic heterocycles. The summed E-state index contributed by atoms with van der Waals surface area (Å²) in [5.41, 5.74) is 0.449. The van der Waals surface area contributed by atoms with Crippen molar-refractivity contribution in [3.63, 3.8) is 0 Å². The fourth-order valence-corrected chi connectivity index (χ4v) is 1.47. The minimum absolute atomic E-state index is 0.210. The van der Waals surface area contributed by atoms with Crippen LogP contribution in [0.5, 0.6) is 5.75 Å². The number of benzene rings is 1. The predicted molar refractivity (Wildman–Crippen MR) is 55.3 cm³/mol. The van der Waals surface area contributed by atoms with Gasteiger partial charge in [-0.15, -0.1) is 0 Å². The van der Waals surface area contributed by atoms with Crippen molar-refractivity contribution in [3.8, 4) is 5.75 Å². The molecule has 0 aliphatic rings. The Hall–Kier alpha value is -1.30. The fourth-order valence-electron chi connectivity index (χ4n) is 1.47. The molecular formula is C11H13F4NO. The zero-order valence-electron chi connectivity index (χ0n) is 9.18. The van der Waals surface area contributed by atoms with E-state index in [0.717, 1.165) is 6.07 Å². The molecule has 0 amide bonds. The molecule has 2 nitrogen and oxygen atoms in total. The van der Waals surface area contributed by atoms with Crippen molar-refractivity contribution in [2.24, 2.45) is 0 Å². The normalized spacial score (nSPS) is 13.7. The Morgan fingerprint density at radius 2 is 1.94 bits per heavy atom. The van der Waals surface area contributed by atoms with E-state index in [1.165, 1.54) is 12.1 Å². The van der Waals surface area contributed by atoms with Crippen LogP contribution in [0, 0.1) is 5.82 Å². The molecule has 1 rings (SSSR count). The summed E-state index contributed by atoms with van der Waals surface area (Å²) >= 11 is 0. The lowest BCUT2D eigenvalue weighted by atomic mass is 10.1. The van der Waals surface area contributed by atoms with Gasteiger partial charge in [0.15, 0.2) is 0 Å². The molecule has 0 saturated carbocycles. The Morgan fingerprint density at radius 3 is 2.47 bits per heavy atom. The van der Waals surface area contributed by atoms with Gasteiger partial charge < -0.3 is 10.4 Å². The number of hydrogen-bond donors (Lipinski definition) is 2. The molecule has 0 aromatic heterocycles. The van der Waals surface area contributed by atoms with Crippen LogP contribution in [-0.2, 0) is 6.42 Å². The number of phenols is 1. The van der Waals surface area contributed by atoms with E-state index < -0.39 is 24.6 Å². The molecule has 1 atom stereocenters. The average Bonchev–Trinajstić information content (AvgIpc) is 2.11. The summed E-state index contributed by atoms with van der Waals surface area (Å²) in [5.74, 6) is -0.842. The number of hydrogen-bond acceptors (Lipinski definition) is 2. The van der Waals surface area contributed by atoms with E-state index in [9.17, 15) is 17.6 Å². The van der Waals surface area contributed by atoms with E-state index in [1.807, 2.05) is 0 Å². The number of rotatable bonds is 4. The molecule has 96 valence electrons. The number of halogens is 4. The van der Waals surface area contributed by atoms with Crippen molar-refractivity contribution in [1.29, 1.82) is 0 Å². The van der Waals surface area contributed by atoms with Crippen LogP contribution in [0.15, 0.2) is 18.2 Å². The van der Waals surface area contributed by atoms with E-state index in [4.69, 9.17) is 5.11 Å². The quantitative estimate of drug-likeness (QED) is 0.806. The third kappa shape index (κ3) is 5.53. The van der Waals surface area contributed by atoms with Crippen molar-refractivity contribution in [3.05, 3.63) is 29.6 Å². The fraction of sp³-hybridized carbons (Fsp3) is 0.455. The molecule has 0 unspecified atom stereocenters. The largest absolute Gasteiger partial charge is 0.508 e. The maximum atomic E-state index is 12.9. The molecule has 1 aromatic carbocycles. The van der Waals surface area contributed by atoms with Gasteiger partial charge in [0.2, 0.25) is 0 Å². The highest BCUT2D eigenvalue weighted by molar-refractivity contribution is 5.28. The molecule has 0 saturated heterocycles. The van der Waals surface area contributed by atoms with E-state index in [2.05, 4.69) is 5.32 Å². The maximum absolute atomic E-state index is 12.9. The molecule has 1 aromatic rings. The average molecular weight is 251 g/mol. The zero-order valence-corrected chi connectivity index (χ0v) is 9.18. The molecular weight excluding hydrogens is 238 g/mol. The summed E-state index contributed by atoms with van der Waals surface area (Å²) in [4.78, 5) is 0. The number of aromatic hydroxyl groups is 1. The Kier molecular flexibility index (Phi) is 4.34. The Bertz CT molecular complexity index is 358. The lowest BCUT2D eigenvalue weighted by Crippen LogP contribution is -2.36. The molecule has 0 radical (unpaired) electrons. The van der Waals surface area contributed by atoms with Gasteiger partial charge in [0.05, 0.1) is 6.54 Å². The monoisotopic (exact) mass is 251 g/mol. The van der Waals surface area contributed by atoms with Gasteiger partial charge in [-0.2, -0.15) is 13.2 Å². The smallest absolute Gasteiger partial charge is 0.401 e. The topological polar surface area (TPSA) is 32.3 Å². The van der Waals surface area contributed by atoms with Crippen molar-refractivity contribution >= 4 is 0 Å². The second-order valence-electron chi connectivity index (χ2n) is 3.92. The molecule has 17 heavy (non-hydrogen) atoms. The van der Waals surface area contributed by atoms with E-state index in [0.29, 0.717) is 5.56 Å². The SMILES string of the molecule is C[C@H](Cc1cc(O)cc(F)c1)NCC(F)(F)F. The van der Waals surface area contributed by atoms with Gasteiger partial charge in [-0.25, -0.2) is 4.39 Å². The van der Waals surface area contributed by atoms with Crippen molar-refractivity contribution < 1.29 is 22.7 Å². The standard InChI is InChI=1S/C11H13F4NO/c1-7(16-6-11(13,14)15)2-8-3-9(12)5-10(17)4-8/h3-5,7,16-17H,2,6H2,1H3/t7-/m1/s1. The lowest BCUT2D eigenvalue weighted by molar-refractivity contribution is -0.126. The summed E-state index contributed by atoms with van der Waals surface area (Å²) in [6.45, 7) is 0.475. The van der Waals surface area contributed by atoms with Gasteiger partial charge in [0.1, 0.15) is 11.6 Å². The van der Waals surface area contributed by atoms with E-state index in [-0.39, 0.29) is 12.2 Å². The lowest BCUT2D eigenvalue weighted by Gasteiger charge is -2.15. The van der Waals surface area contributed by atoms with Crippen LogP contribution in [0.1, 0.15) is 12.5 Å². The van der Waals surface area contributed by atoms with Crippen LogP contribution < -0.4 is 5.32 Å². The summed E-state index contributed by atoms with van der Waals surface area (Å²) in [7, 11) is 0. The van der Waals surface area contributed by atoms with Crippen LogP contribution in [0.4, 0.5) is 17.6 Å². The van der Waals surface area contributed by atoms with Crippen molar-refractivity contribution in [1.82, 2.24) is 5.32 Å². The van der Waals surface area contributed by atoms with Gasteiger partial charge in [0.25, 0.3) is 0 Å². The molecule has 0 fully saturated rings. The Morgan fingerprint density at radius 1 is 1.29 bits per heavy atom. The van der Waals surface area contributed by atoms with Gasteiger partial charge >= 0.3 is 6.18 Å². The minimum atomic E-state index is -4.27. The van der Waals surface area contributed by atoms with Crippen molar-refractivity contribution in [2.75, 3.05) is 6.54 Å². The highest BCUT2D eigenvalue weighted by Gasteiger charge is 2.27. The summed E-state index contributed by atoms with van der Waals surface area (Å²) in [6, 6.07) is 3.00. The van der Waals surface area contributed by atoms with E-state index in [1.54, 1.807) is 6.92 Å². The molecule has 0 spiro atoms. The van der Waals surface area contributed by atoms with Gasteiger partial charge in [-0.05, 0) is 31.0 Å². The maximum Gasteiger partial charge on any atom is 0.401 e. The second-order valence-corrected chi connectivity index (χ2v) is 3.92. The third-order valence-electron chi connectivity index (χ3n) is 2.14. The zero-order chi connectivity index (χ0) is 13.1. The van der Waals surface area contributed by atoms with E-state index >= 15 is 0 Å². The number of alkyl halides is 3. The Balaban J connectivity index is 2.53. The highest BCUT2D eigenvalue weighted by atomic mass is 19.4. The third-order valence-corrected chi connectivity index (χ3v) is 2.14. The highest BCUT2D eigenvalue weighted by Crippen LogP contribution is 2.17. The van der Waals surface area contributed by atoms with Crippen LogP contribution >= 0.6 is 0 Å². The van der Waals surface area contributed by atoms with Crippen LogP contribution in [0.3, 0.4) is 0 Å². The Labute approximate surface area is 96.3 Å². The van der Waals surface area contributed by atoms with Gasteiger partial charge in [-0.3, -0.25) is 0 Å². The molecule has 0 heterocycles.